The Morgan fingerprint density at radius 3 is 2.20 bits per heavy atom. The van der Waals surface area contributed by atoms with Crippen molar-refractivity contribution in [2.75, 3.05) is 25.6 Å². The number of anilines is 1. The Kier molecular flexibility index (Phi) is 6.20. The van der Waals surface area contributed by atoms with Gasteiger partial charge in [-0.15, -0.1) is 0 Å². The number of benzene rings is 2. The van der Waals surface area contributed by atoms with Crippen LogP contribution in [0.1, 0.15) is 17.3 Å². The van der Waals surface area contributed by atoms with Crippen LogP contribution in [0.25, 0.3) is 0 Å². The predicted molar refractivity (Wildman–Crippen MR) is 108 cm³/mol. The lowest BCUT2D eigenvalue weighted by Crippen LogP contribution is -2.43. The molecule has 0 aromatic heterocycles. The van der Waals surface area contributed by atoms with Gasteiger partial charge in [0.15, 0.2) is 0 Å². The highest BCUT2D eigenvalue weighted by Crippen LogP contribution is 2.15. The first kappa shape index (κ1) is 19.0. The van der Waals surface area contributed by atoms with Crippen molar-refractivity contribution in [3.8, 4) is 0 Å². The SMILES string of the molecule is C/C(=C\COC(=O)c1ccc(N(C)C)cc1)[Si](C)(C)c1ccccc1. The Morgan fingerprint density at radius 1 is 1.04 bits per heavy atom. The maximum absolute atomic E-state index is 12.2. The molecular weight excluding hydrogens is 326 g/mol. The fraction of sp³-hybridized carbons (Fsp3) is 0.286. The summed E-state index contributed by atoms with van der Waals surface area (Å²) in [4.78, 5) is 14.2. The third-order valence-corrected chi connectivity index (χ3v) is 8.66. The van der Waals surface area contributed by atoms with Gasteiger partial charge >= 0.3 is 5.97 Å². The molecule has 132 valence electrons. The standard InChI is InChI=1S/C21H27NO2Si/c1-17(25(4,5)20-9-7-6-8-10-20)15-16-24-21(23)18-11-13-19(14-12-18)22(2)3/h6-15H,16H2,1-5H3/b17-15+. The van der Waals surface area contributed by atoms with Gasteiger partial charge in [0.2, 0.25) is 0 Å². The first-order valence-electron chi connectivity index (χ1n) is 8.49. The number of carbonyl (C=O) groups excluding carboxylic acids is 1. The highest BCUT2D eigenvalue weighted by Gasteiger charge is 2.25. The molecule has 0 saturated heterocycles. The third kappa shape index (κ3) is 4.83. The number of ether oxygens (including phenoxy) is 1. The number of esters is 1. The minimum atomic E-state index is -1.69. The number of hydrogen-bond donors (Lipinski definition) is 0. The van der Waals surface area contributed by atoms with Gasteiger partial charge in [0.1, 0.15) is 14.7 Å². The van der Waals surface area contributed by atoms with Crippen molar-refractivity contribution in [1.29, 1.82) is 0 Å². The van der Waals surface area contributed by atoms with E-state index in [0.29, 0.717) is 12.2 Å². The van der Waals surface area contributed by atoms with Crippen LogP contribution in [0.3, 0.4) is 0 Å². The van der Waals surface area contributed by atoms with Crippen LogP contribution in [0.5, 0.6) is 0 Å². The van der Waals surface area contributed by atoms with E-state index in [-0.39, 0.29) is 5.97 Å². The molecule has 2 rings (SSSR count). The Hall–Kier alpha value is -2.33. The van der Waals surface area contributed by atoms with Gasteiger partial charge in [-0.2, -0.15) is 0 Å². The lowest BCUT2D eigenvalue weighted by atomic mass is 10.2. The van der Waals surface area contributed by atoms with Crippen LogP contribution in [0.15, 0.2) is 65.9 Å². The summed E-state index contributed by atoms with van der Waals surface area (Å²) in [5, 5.41) is 2.70. The molecule has 0 aliphatic carbocycles. The van der Waals surface area contributed by atoms with Crippen molar-refractivity contribution in [1.82, 2.24) is 0 Å². The van der Waals surface area contributed by atoms with E-state index in [9.17, 15) is 4.79 Å². The zero-order valence-corrected chi connectivity index (χ0v) is 16.7. The van der Waals surface area contributed by atoms with Crippen molar-refractivity contribution in [3.05, 3.63) is 71.4 Å². The molecule has 4 heteroatoms. The summed E-state index contributed by atoms with van der Waals surface area (Å²) in [6, 6.07) is 18.0. The maximum atomic E-state index is 12.2. The van der Waals surface area contributed by atoms with Gasteiger partial charge in [-0.1, -0.05) is 59.9 Å². The van der Waals surface area contributed by atoms with Crippen molar-refractivity contribution in [2.24, 2.45) is 0 Å². The molecule has 0 saturated carbocycles. The minimum absolute atomic E-state index is 0.284. The summed E-state index contributed by atoms with van der Waals surface area (Å²) < 4.78 is 5.42. The van der Waals surface area contributed by atoms with E-state index >= 15 is 0 Å². The molecular formula is C21H27NO2Si. The van der Waals surface area contributed by atoms with E-state index in [1.54, 1.807) is 12.1 Å². The number of nitrogens with zero attached hydrogens (tertiary/aromatic N) is 1. The van der Waals surface area contributed by atoms with Gasteiger partial charge < -0.3 is 9.64 Å². The van der Waals surface area contributed by atoms with Gasteiger partial charge in [0, 0.05) is 19.8 Å². The van der Waals surface area contributed by atoms with E-state index < -0.39 is 8.07 Å². The molecule has 2 aromatic rings. The largest absolute Gasteiger partial charge is 0.458 e. The molecule has 0 heterocycles. The van der Waals surface area contributed by atoms with E-state index in [2.05, 4.69) is 44.3 Å². The molecule has 0 atom stereocenters. The molecule has 0 amide bonds. The maximum Gasteiger partial charge on any atom is 0.338 e. The highest BCUT2D eigenvalue weighted by molar-refractivity contribution is 6.95. The number of rotatable bonds is 6. The highest BCUT2D eigenvalue weighted by atomic mass is 28.3. The lowest BCUT2D eigenvalue weighted by Gasteiger charge is -2.24. The molecule has 25 heavy (non-hydrogen) atoms. The van der Waals surface area contributed by atoms with E-state index in [1.807, 2.05) is 43.3 Å². The Labute approximate surface area is 151 Å². The predicted octanol–water partition coefficient (Wildman–Crippen LogP) is 4.01. The molecule has 0 aliphatic rings. The molecule has 3 nitrogen and oxygen atoms in total. The summed E-state index contributed by atoms with van der Waals surface area (Å²) in [6.45, 7) is 7.08. The molecule has 0 bridgehead atoms. The van der Waals surface area contributed by atoms with E-state index in [1.165, 1.54) is 10.4 Å². The summed E-state index contributed by atoms with van der Waals surface area (Å²) in [6.07, 6.45) is 2.05. The molecule has 0 radical (unpaired) electrons. The van der Waals surface area contributed by atoms with Crippen molar-refractivity contribution in [3.63, 3.8) is 0 Å². The normalized spacial score (nSPS) is 12.0. The van der Waals surface area contributed by atoms with Crippen LogP contribution < -0.4 is 10.1 Å². The number of allylic oxidation sites excluding steroid dienone is 1. The first-order valence-corrected chi connectivity index (χ1v) is 11.5. The van der Waals surface area contributed by atoms with Gasteiger partial charge in [0.25, 0.3) is 0 Å². The van der Waals surface area contributed by atoms with Crippen LogP contribution in [0.4, 0.5) is 5.69 Å². The molecule has 0 aliphatic heterocycles. The second-order valence-electron chi connectivity index (χ2n) is 6.92. The van der Waals surface area contributed by atoms with Gasteiger partial charge in [-0.25, -0.2) is 4.79 Å². The summed E-state index contributed by atoms with van der Waals surface area (Å²) in [5.74, 6) is -0.284. The molecule has 0 spiro atoms. The van der Waals surface area contributed by atoms with Crippen LogP contribution in [0, 0.1) is 0 Å². The number of hydrogen-bond acceptors (Lipinski definition) is 3. The Bertz CT molecular complexity index is 734. The van der Waals surface area contributed by atoms with Crippen molar-refractivity contribution < 1.29 is 9.53 Å². The van der Waals surface area contributed by atoms with Crippen molar-refractivity contribution in [2.45, 2.75) is 20.0 Å². The smallest absolute Gasteiger partial charge is 0.338 e. The first-order chi connectivity index (χ1) is 11.8. The Morgan fingerprint density at radius 2 is 1.64 bits per heavy atom. The molecule has 0 N–H and O–H groups in total. The van der Waals surface area contributed by atoms with Crippen LogP contribution in [0.2, 0.25) is 13.1 Å². The quantitative estimate of drug-likeness (QED) is 0.580. The third-order valence-electron chi connectivity index (χ3n) is 4.70. The summed E-state index contributed by atoms with van der Waals surface area (Å²) >= 11 is 0. The summed E-state index contributed by atoms with van der Waals surface area (Å²) in [5.41, 5.74) is 1.64. The van der Waals surface area contributed by atoms with Gasteiger partial charge in [0.05, 0.1) is 5.56 Å². The number of carbonyl (C=O) groups is 1. The fourth-order valence-corrected chi connectivity index (χ4v) is 4.63. The topological polar surface area (TPSA) is 29.5 Å². The molecule has 0 unspecified atom stereocenters. The van der Waals surface area contributed by atoms with E-state index in [4.69, 9.17) is 4.74 Å². The molecule has 2 aromatic carbocycles. The molecule has 0 fully saturated rings. The zero-order valence-electron chi connectivity index (χ0n) is 15.7. The van der Waals surface area contributed by atoms with Gasteiger partial charge in [-0.05, 0) is 31.2 Å². The monoisotopic (exact) mass is 353 g/mol. The van der Waals surface area contributed by atoms with Crippen molar-refractivity contribution >= 4 is 24.9 Å². The second-order valence-corrected chi connectivity index (χ2v) is 11.5. The fourth-order valence-electron chi connectivity index (χ4n) is 2.56. The lowest BCUT2D eigenvalue weighted by molar-refractivity contribution is 0.0549. The average Bonchev–Trinajstić information content (AvgIpc) is 2.62. The van der Waals surface area contributed by atoms with Gasteiger partial charge in [-0.3, -0.25) is 0 Å². The van der Waals surface area contributed by atoms with Crippen LogP contribution >= 0.6 is 0 Å². The van der Waals surface area contributed by atoms with E-state index in [0.717, 1.165) is 5.69 Å². The summed E-state index contributed by atoms with van der Waals surface area (Å²) in [7, 11) is 2.25. The van der Waals surface area contributed by atoms with Crippen LogP contribution in [-0.4, -0.2) is 34.7 Å². The van der Waals surface area contributed by atoms with Crippen LogP contribution in [-0.2, 0) is 4.74 Å². The Balaban J connectivity index is 1.98. The second kappa shape index (κ2) is 8.16. The zero-order chi connectivity index (χ0) is 18.4. The minimum Gasteiger partial charge on any atom is -0.458 e. The average molecular weight is 354 g/mol.